The number of carbonyl (C=O) groups excluding carboxylic acids is 2. The number of carboxylic acid groups (broad SMARTS) is 1. The summed E-state index contributed by atoms with van der Waals surface area (Å²) in [5.41, 5.74) is 1.94. The van der Waals surface area contributed by atoms with Gasteiger partial charge in [0.15, 0.2) is 0 Å². The highest BCUT2D eigenvalue weighted by Gasteiger charge is 2.22. The van der Waals surface area contributed by atoms with Crippen molar-refractivity contribution >= 4 is 23.5 Å². The Morgan fingerprint density at radius 2 is 2.10 bits per heavy atom. The first-order valence-electron chi connectivity index (χ1n) is 6.82. The van der Waals surface area contributed by atoms with Gasteiger partial charge in [0.05, 0.1) is 12.8 Å². The molecule has 0 aromatic heterocycles. The van der Waals surface area contributed by atoms with E-state index in [0.717, 1.165) is 11.3 Å². The summed E-state index contributed by atoms with van der Waals surface area (Å²) >= 11 is 0. The van der Waals surface area contributed by atoms with Crippen LogP contribution >= 0.6 is 0 Å². The Labute approximate surface area is 122 Å². The average Bonchev–Trinajstić information content (AvgIpc) is 2.76. The molecule has 2 amide bonds. The summed E-state index contributed by atoms with van der Waals surface area (Å²) in [6.45, 7) is 3.72. The second-order valence-corrected chi connectivity index (χ2v) is 5.52. The Morgan fingerprint density at radius 3 is 2.71 bits per heavy atom. The van der Waals surface area contributed by atoms with Gasteiger partial charge in [-0.15, -0.1) is 0 Å². The zero-order chi connectivity index (χ0) is 15.6. The van der Waals surface area contributed by atoms with Crippen LogP contribution < -0.4 is 10.6 Å². The summed E-state index contributed by atoms with van der Waals surface area (Å²) in [6.07, 6.45) is 0.146. The molecule has 112 valence electrons. The summed E-state index contributed by atoms with van der Waals surface area (Å²) in [4.78, 5) is 34.3. The zero-order valence-corrected chi connectivity index (χ0v) is 12.0. The average molecular weight is 290 g/mol. The Kier molecular flexibility index (Phi) is 4.26. The SMILES string of the molecule is CC(C)C(CC(=O)O)NC(=O)c1ccc2c(c1)CC(=O)N2. The third-order valence-electron chi connectivity index (χ3n) is 3.51. The molecule has 0 saturated heterocycles. The first-order valence-corrected chi connectivity index (χ1v) is 6.82. The minimum absolute atomic E-state index is 0.0164. The highest BCUT2D eigenvalue weighted by Crippen LogP contribution is 2.24. The number of carboxylic acids is 1. The van der Waals surface area contributed by atoms with Gasteiger partial charge in [-0.1, -0.05) is 13.8 Å². The molecular weight excluding hydrogens is 272 g/mol. The third-order valence-corrected chi connectivity index (χ3v) is 3.51. The molecule has 1 aliphatic rings. The van der Waals surface area contributed by atoms with E-state index in [1.165, 1.54) is 0 Å². The molecule has 1 heterocycles. The van der Waals surface area contributed by atoms with E-state index in [4.69, 9.17) is 5.11 Å². The number of aliphatic carboxylic acids is 1. The van der Waals surface area contributed by atoms with E-state index < -0.39 is 12.0 Å². The maximum atomic E-state index is 12.2. The molecule has 1 aromatic carbocycles. The Hall–Kier alpha value is -2.37. The monoisotopic (exact) mass is 290 g/mol. The van der Waals surface area contributed by atoms with Crippen molar-refractivity contribution in [2.24, 2.45) is 5.92 Å². The molecule has 6 nitrogen and oxygen atoms in total. The van der Waals surface area contributed by atoms with Crippen LogP contribution in [0.1, 0.15) is 36.2 Å². The lowest BCUT2D eigenvalue weighted by Gasteiger charge is -2.20. The maximum Gasteiger partial charge on any atom is 0.305 e. The minimum Gasteiger partial charge on any atom is -0.481 e. The molecule has 0 aliphatic carbocycles. The second-order valence-electron chi connectivity index (χ2n) is 5.52. The lowest BCUT2D eigenvalue weighted by molar-refractivity contribution is -0.137. The topological polar surface area (TPSA) is 95.5 Å². The van der Waals surface area contributed by atoms with Gasteiger partial charge in [0.25, 0.3) is 5.91 Å². The van der Waals surface area contributed by atoms with Gasteiger partial charge in [-0.2, -0.15) is 0 Å². The van der Waals surface area contributed by atoms with Crippen LogP contribution in [0.4, 0.5) is 5.69 Å². The van der Waals surface area contributed by atoms with Crippen LogP contribution in [0.15, 0.2) is 18.2 Å². The van der Waals surface area contributed by atoms with Gasteiger partial charge in [0.2, 0.25) is 5.91 Å². The van der Waals surface area contributed by atoms with Crippen LogP contribution in [-0.4, -0.2) is 28.9 Å². The van der Waals surface area contributed by atoms with Crippen molar-refractivity contribution in [3.63, 3.8) is 0 Å². The Morgan fingerprint density at radius 1 is 1.38 bits per heavy atom. The number of amides is 2. The summed E-state index contributed by atoms with van der Waals surface area (Å²) in [5.74, 6) is -1.34. The van der Waals surface area contributed by atoms with E-state index in [-0.39, 0.29) is 30.6 Å². The first kappa shape index (κ1) is 15.0. The lowest BCUT2D eigenvalue weighted by Crippen LogP contribution is -2.40. The zero-order valence-electron chi connectivity index (χ0n) is 12.0. The number of rotatable bonds is 5. The van der Waals surface area contributed by atoms with Gasteiger partial charge in [0.1, 0.15) is 0 Å². The number of hydrogen-bond acceptors (Lipinski definition) is 3. The molecule has 3 N–H and O–H groups in total. The van der Waals surface area contributed by atoms with Gasteiger partial charge in [-0.05, 0) is 29.7 Å². The first-order chi connectivity index (χ1) is 9.86. The Bertz CT molecular complexity index is 595. The van der Waals surface area contributed by atoms with Crippen LogP contribution in [-0.2, 0) is 16.0 Å². The number of fused-ring (bicyclic) bond motifs is 1. The fourth-order valence-corrected chi connectivity index (χ4v) is 2.26. The fraction of sp³-hybridized carbons (Fsp3) is 0.400. The molecule has 21 heavy (non-hydrogen) atoms. The van der Waals surface area contributed by atoms with Crippen molar-refractivity contribution in [1.29, 1.82) is 0 Å². The van der Waals surface area contributed by atoms with Crippen molar-refractivity contribution < 1.29 is 19.5 Å². The van der Waals surface area contributed by atoms with Crippen molar-refractivity contribution in [1.82, 2.24) is 5.32 Å². The highest BCUT2D eigenvalue weighted by molar-refractivity contribution is 6.01. The normalized spacial score (nSPS) is 14.5. The van der Waals surface area contributed by atoms with Gasteiger partial charge in [-0.3, -0.25) is 14.4 Å². The summed E-state index contributed by atoms with van der Waals surface area (Å²) in [7, 11) is 0. The van der Waals surface area contributed by atoms with Crippen molar-refractivity contribution in [3.05, 3.63) is 29.3 Å². The van der Waals surface area contributed by atoms with Crippen molar-refractivity contribution in [2.45, 2.75) is 32.7 Å². The van der Waals surface area contributed by atoms with Crippen LogP contribution in [0.3, 0.4) is 0 Å². The largest absolute Gasteiger partial charge is 0.481 e. The van der Waals surface area contributed by atoms with E-state index in [0.29, 0.717) is 5.56 Å². The van der Waals surface area contributed by atoms with Crippen LogP contribution in [0.25, 0.3) is 0 Å². The number of benzene rings is 1. The van der Waals surface area contributed by atoms with Crippen molar-refractivity contribution in [3.8, 4) is 0 Å². The molecular formula is C15H18N2O4. The van der Waals surface area contributed by atoms with E-state index in [2.05, 4.69) is 10.6 Å². The number of carbonyl (C=O) groups is 3. The molecule has 2 rings (SSSR count). The van der Waals surface area contributed by atoms with Gasteiger partial charge >= 0.3 is 5.97 Å². The summed E-state index contributed by atoms with van der Waals surface area (Å²) in [5, 5.41) is 14.3. The number of anilines is 1. The highest BCUT2D eigenvalue weighted by atomic mass is 16.4. The van der Waals surface area contributed by atoms with Gasteiger partial charge in [0, 0.05) is 17.3 Å². The molecule has 1 atom stereocenters. The van der Waals surface area contributed by atoms with E-state index in [9.17, 15) is 14.4 Å². The minimum atomic E-state index is -0.947. The summed E-state index contributed by atoms with van der Waals surface area (Å²) < 4.78 is 0. The van der Waals surface area contributed by atoms with Crippen LogP contribution in [0.5, 0.6) is 0 Å². The fourth-order valence-electron chi connectivity index (χ4n) is 2.26. The molecule has 6 heteroatoms. The van der Waals surface area contributed by atoms with E-state index in [1.54, 1.807) is 18.2 Å². The molecule has 0 spiro atoms. The predicted octanol–water partition coefficient (Wildman–Crippen LogP) is 1.41. The standard InChI is InChI=1S/C15H18N2O4/c1-8(2)12(7-14(19)20)17-15(21)9-3-4-11-10(5-9)6-13(18)16-11/h3-5,8,12H,6-7H2,1-2H3,(H,16,18)(H,17,21)(H,19,20). The smallest absolute Gasteiger partial charge is 0.305 e. The third kappa shape index (κ3) is 3.59. The van der Waals surface area contributed by atoms with Crippen LogP contribution in [0, 0.1) is 5.92 Å². The van der Waals surface area contributed by atoms with Gasteiger partial charge in [-0.25, -0.2) is 0 Å². The van der Waals surface area contributed by atoms with Crippen LogP contribution in [0.2, 0.25) is 0 Å². The number of nitrogens with one attached hydrogen (secondary N) is 2. The van der Waals surface area contributed by atoms with Crippen molar-refractivity contribution in [2.75, 3.05) is 5.32 Å². The maximum absolute atomic E-state index is 12.2. The quantitative estimate of drug-likeness (QED) is 0.764. The molecule has 1 unspecified atom stereocenters. The molecule has 0 radical (unpaired) electrons. The molecule has 0 saturated carbocycles. The second kappa shape index (κ2) is 5.95. The molecule has 0 fully saturated rings. The molecule has 1 aromatic rings. The summed E-state index contributed by atoms with van der Waals surface area (Å²) in [6, 6.07) is 4.55. The van der Waals surface area contributed by atoms with E-state index >= 15 is 0 Å². The predicted molar refractivity (Wildman–Crippen MR) is 77.1 cm³/mol. The van der Waals surface area contributed by atoms with Gasteiger partial charge < -0.3 is 15.7 Å². The van der Waals surface area contributed by atoms with E-state index in [1.807, 2.05) is 13.8 Å². The Balaban J connectivity index is 2.11. The molecule has 0 bridgehead atoms. The molecule has 1 aliphatic heterocycles. The lowest BCUT2D eigenvalue weighted by atomic mass is 10.00. The number of hydrogen-bond donors (Lipinski definition) is 3.